The van der Waals surface area contributed by atoms with Gasteiger partial charge in [-0.3, -0.25) is 9.97 Å². The lowest BCUT2D eigenvalue weighted by atomic mass is 10.1. The zero-order chi connectivity index (χ0) is 12.7. The van der Waals surface area contributed by atoms with Crippen molar-refractivity contribution < 1.29 is 4.42 Å². The van der Waals surface area contributed by atoms with Gasteiger partial charge >= 0.3 is 0 Å². The van der Waals surface area contributed by atoms with Crippen molar-refractivity contribution in [2.24, 2.45) is 0 Å². The standard InChI is InChI=1S/C15H9N3O/c1-2-6-17-13(5-1)12-9-16-8-11-10-4-3-7-18-15(10)19-14(11)12/h1-9H. The number of fused-ring (bicyclic) bond motifs is 3. The molecule has 0 aliphatic heterocycles. The minimum Gasteiger partial charge on any atom is -0.437 e. The maximum absolute atomic E-state index is 5.85. The highest BCUT2D eigenvalue weighted by molar-refractivity contribution is 6.07. The Morgan fingerprint density at radius 1 is 0.842 bits per heavy atom. The van der Waals surface area contributed by atoms with Crippen LogP contribution in [0.3, 0.4) is 0 Å². The first-order chi connectivity index (χ1) is 9.43. The second-order valence-electron chi connectivity index (χ2n) is 4.24. The highest BCUT2D eigenvalue weighted by Gasteiger charge is 2.13. The highest BCUT2D eigenvalue weighted by Crippen LogP contribution is 2.32. The zero-order valence-electron chi connectivity index (χ0n) is 9.95. The molecular weight excluding hydrogens is 238 g/mol. The molecule has 4 rings (SSSR count). The number of furan rings is 1. The predicted molar refractivity (Wildman–Crippen MR) is 72.5 cm³/mol. The van der Waals surface area contributed by atoms with E-state index in [0.29, 0.717) is 5.71 Å². The fourth-order valence-electron chi connectivity index (χ4n) is 2.23. The van der Waals surface area contributed by atoms with Crippen LogP contribution < -0.4 is 0 Å². The summed E-state index contributed by atoms with van der Waals surface area (Å²) in [5, 5.41) is 1.94. The third-order valence-electron chi connectivity index (χ3n) is 3.10. The van der Waals surface area contributed by atoms with Gasteiger partial charge < -0.3 is 4.42 Å². The van der Waals surface area contributed by atoms with Crippen molar-refractivity contribution in [2.75, 3.05) is 0 Å². The minimum atomic E-state index is 0.627. The van der Waals surface area contributed by atoms with E-state index in [-0.39, 0.29) is 0 Å². The van der Waals surface area contributed by atoms with E-state index in [9.17, 15) is 0 Å². The maximum Gasteiger partial charge on any atom is 0.227 e. The first-order valence-corrected chi connectivity index (χ1v) is 5.96. The van der Waals surface area contributed by atoms with Gasteiger partial charge in [0.15, 0.2) is 0 Å². The minimum absolute atomic E-state index is 0.627. The molecular formula is C15H9N3O. The van der Waals surface area contributed by atoms with Crippen LogP contribution in [0.2, 0.25) is 0 Å². The number of pyridine rings is 3. The highest BCUT2D eigenvalue weighted by atomic mass is 16.3. The molecule has 0 unspecified atom stereocenters. The Morgan fingerprint density at radius 2 is 1.79 bits per heavy atom. The lowest BCUT2D eigenvalue weighted by Crippen LogP contribution is -1.84. The molecule has 0 amide bonds. The second kappa shape index (κ2) is 3.88. The Kier molecular flexibility index (Phi) is 2.08. The van der Waals surface area contributed by atoms with Gasteiger partial charge in [-0.05, 0) is 24.3 Å². The third kappa shape index (κ3) is 1.50. The van der Waals surface area contributed by atoms with Gasteiger partial charge in [0.2, 0.25) is 5.71 Å². The van der Waals surface area contributed by atoms with E-state index in [1.807, 2.05) is 30.3 Å². The summed E-state index contributed by atoms with van der Waals surface area (Å²) in [7, 11) is 0. The molecule has 0 bridgehead atoms. The molecule has 0 saturated heterocycles. The van der Waals surface area contributed by atoms with Crippen molar-refractivity contribution >= 4 is 22.1 Å². The van der Waals surface area contributed by atoms with Crippen molar-refractivity contribution in [1.82, 2.24) is 15.0 Å². The van der Waals surface area contributed by atoms with E-state index in [2.05, 4.69) is 15.0 Å². The molecule has 4 heteroatoms. The topological polar surface area (TPSA) is 51.8 Å². The molecule has 0 radical (unpaired) electrons. The van der Waals surface area contributed by atoms with Crippen LogP contribution in [0.15, 0.2) is 59.5 Å². The maximum atomic E-state index is 5.85. The van der Waals surface area contributed by atoms with Crippen LogP contribution in [0, 0.1) is 0 Å². The molecule has 4 aromatic rings. The van der Waals surface area contributed by atoms with Crippen LogP contribution in [-0.4, -0.2) is 15.0 Å². The monoisotopic (exact) mass is 247 g/mol. The summed E-state index contributed by atoms with van der Waals surface area (Å²) in [5.41, 5.74) is 3.14. The van der Waals surface area contributed by atoms with Crippen molar-refractivity contribution in [3.05, 3.63) is 55.1 Å². The normalized spacial score (nSPS) is 11.2. The molecule has 4 aromatic heterocycles. The van der Waals surface area contributed by atoms with Crippen molar-refractivity contribution in [2.45, 2.75) is 0 Å². The summed E-state index contributed by atoms with van der Waals surface area (Å²) >= 11 is 0. The molecule has 0 N–H and O–H groups in total. The van der Waals surface area contributed by atoms with E-state index < -0.39 is 0 Å². The third-order valence-corrected chi connectivity index (χ3v) is 3.10. The van der Waals surface area contributed by atoms with E-state index in [1.165, 1.54) is 0 Å². The van der Waals surface area contributed by atoms with Crippen molar-refractivity contribution in [1.29, 1.82) is 0 Å². The van der Waals surface area contributed by atoms with Crippen molar-refractivity contribution in [3.63, 3.8) is 0 Å². The summed E-state index contributed by atoms with van der Waals surface area (Å²) < 4.78 is 5.85. The summed E-state index contributed by atoms with van der Waals surface area (Å²) in [6, 6.07) is 9.65. The lowest BCUT2D eigenvalue weighted by molar-refractivity contribution is 0.654. The molecule has 0 aliphatic rings. The molecule has 0 aliphatic carbocycles. The number of hydrogen-bond donors (Lipinski definition) is 0. The fourth-order valence-corrected chi connectivity index (χ4v) is 2.23. The Labute approximate surface area is 108 Å². The molecule has 0 atom stereocenters. The van der Waals surface area contributed by atoms with E-state index >= 15 is 0 Å². The van der Waals surface area contributed by atoms with Crippen LogP contribution in [0.25, 0.3) is 33.3 Å². The van der Waals surface area contributed by atoms with Crippen LogP contribution in [0.4, 0.5) is 0 Å². The molecule has 4 heterocycles. The first-order valence-electron chi connectivity index (χ1n) is 5.96. The lowest BCUT2D eigenvalue weighted by Gasteiger charge is -1.99. The Hall–Kier alpha value is -2.75. The van der Waals surface area contributed by atoms with E-state index in [0.717, 1.165) is 27.6 Å². The van der Waals surface area contributed by atoms with Gasteiger partial charge in [-0.1, -0.05) is 6.07 Å². The SMILES string of the molecule is c1ccc(-c2cncc3c2oc2ncccc23)nc1. The number of aromatic nitrogens is 3. The molecule has 0 spiro atoms. The van der Waals surface area contributed by atoms with E-state index in [1.54, 1.807) is 24.8 Å². The van der Waals surface area contributed by atoms with Gasteiger partial charge in [-0.15, -0.1) is 0 Å². The fraction of sp³-hybridized carbons (Fsp3) is 0. The average Bonchev–Trinajstić information content (AvgIpc) is 2.87. The molecule has 0 saturated carbocycles. The van der Waals surface area contributed by atoms with Gasteiger partial charge in [0.25, 0.3) is 0 Å². The number of nitrogens with zero attached hydrogens (tertiary/aromatic N) is 3. The Balaban J connectivity index is 2.13. The zero-order valence-corrected chi connectivity index (χ0v) is 9.95. The predicted octanol–water partition coefficient (Wildman–Crippen LogP) is 3.44. The Morgan fingerprint density at radius 3 is 2.68 bits per heavy atom. The van der Waals surface area contributed by atoms with Gasteiger partial charge in [0.1, 0.15) is 5.58 Å². The summed E-state index contributed by atoms with van der Waals surface area (Å²) in [4.78, 5) is 12.9. The van der Waals surface area contributed by atoms with Crippen LogP contribution in [0.1, 0.15) is 0 Å². The molecule has 4 nitrogen and oxygen atoms in total. The summed E-state index contributed by atoms with van der Waals surface area (Å²) in [6.45, 7) is 0. The van der Waals surface area contributed by atoms with Gasteiger partial charge in [-0.2, -0.15) is 0 Å². The number of rotatable bonds is 1. The quantitative estimate of drug-likeness (QED) is 0.517. The largest absolute Gasteiger partial charge is 0.437 e. The van der Waals surface area contributed by atoms with Crippen LogP contribution in [0.5, 0.6) is 0 Å². The Bertz CT molecular complexity index is 868. The molecule has 0 fully saturated rings. The van der Waals surface area contributed by atoms with Gasteiger partial charge in [-0.25, -0.2) is 4.98 Å². The van der Waals surface area contributed by atoms with Crippen LogP contribution in [-0.2, 0) is 0 Å². The molecule has 90 valence electrons. The van der Waals surface area contributed by atoms with Crippen LogP contribution >= 0.6 is 0 Å². The molecule has 19 heavy (non-hydrogen) atoms. The smallest absolute Gasteiger partial charge is 0.227 e. The van der Waals surface area contributed by atoms with Crippen molar-refractivity contribution in [3.8, 4) is 11.3 Å². The summed E-state index contributed by atoms with van der Waals surface area (Å²) in [6.07, 6.45) is 7.05. The first kappa shape index (κ1) is 10.2. The van der Waals surface area contributed by atoms with Gasteiger partial charge in [0, 0.05) is 35.6 Å². The van der Waals surface area contributed by atoms with Gasteiger partial charge in [0.05, 0.1) is 11.3 Å². The molecule has 0 aromatic carbocycles. The second-order valence-corrected chi connectivity index (χ2v) is 4.24. The van der Waals surface area contributed by atoms with E-state index in [4.69, 9.17) is 4.42 Å². The number of hydrogen-bond acceptors (Lipinski definition) is 4. The average molecular weight is 247 g/mol. The summed E-state index contributed by atoms with van der Waals surface area (Å²) in [5.74, 6) is 0.